The standard InChI is InChI=1S/C12H14ClN3/c1-16-6-5-15-12(16)8-11(14)9-3-2-4-10(13)7-9/h2-7,11H,8,14H2,1H3. The molecule has 1 heterocycles. The summed E-state index contributed by atoms with van der Waals surface area (Å²) in [7, 11) is 1.97. The summed E-state index contributed by atoms with van der Waals surface area (Å²) in [6.45, 7) is 0. The van der Waals surface area contributed by atoms with Crippen molar-refractivity contribution in [2.45, 2.75) is 12.5 Å². The molecule has 2 rings (SSSR count). The summed E-state index contributed by atoms with van der Waals surface area (Å²) in [6.07, 6.45) is 4.41. The van der Waals surface area contributed by atoms with Gasteiger partial charge in [-0.15, -0.1) is 0 Å². The Hall–Kier alpha value is -1.32. The Morgan fingerprint density at radius 1 is 1.50 bits per heavy atom. The number of nitrogens with zero attached hydrogens (tertiary/aromatic N) is 2. The number of aromatic nitrogens is 2. The minimum absolute atomic E-state index is 0.0696. The van der Waals surface area contributed by atoms with Crippen LogP contribution in [0.2, 0.25) is 5.02 Å². The molecule has 0 amide bonds. The highest BCUT2D eigenvalue weighted by atomic mass is 35.5. The smallest absolute Gasteiger partial charge is 0.110 e. The molecular formula is C12H14ClN3. The van der Waals surface area contributed by atoms with Crippen LogP contribution < -0.4 is 5.73 Å². The third-order valence-corrected chi connectivity index (χ3v) is 2.84. The van der Waals surface area contributed by atoms with Crippen molar-refractivity contribution in [3.05, 3.63) is 53.1 Å². The number of nitrogens with two attached hydrogens (primary N) is 1. The molecule has 3 nitrogen and oxygen atoms in total. The van der Waals surface area contributed by atoms with Crippen LogP contribution in [0, 0.1) is 0 Å². The fourth-order valence-corrected chi connectivity index (χ4v) is 1.84. The van der Waals surface area contributed by atoms with Gasteiger partial charge in [0.1, 0.15) is 5.82 Å². The SMILES string of the molecule is Cn1ccnc1CC(N)c1cccc(Cl)c1. The Balaban J connectivity index is 2.14. The zero-order valence-corrected chi connectivity index (χ0v) is 9.85. The number of hydrogen-bond donors (Lipinski definition) is 1. The van der Waals surface area contributed by atoms with Crippen LogP contribution in [0.5, 0.6) is 0 Å². The highest BCUT2D eigenvalue weighted by molar-refractivity contribution is 6.30. The molecule has 0 radical (unpaired) electrons. The van der Waals surface area contributed by atoms with E-state index in [1.807, 2.05) is 42.1 Å². The maximum Gasteiger partial charge on any atom is 0.110 e. The normalized spacial score (nSPS) is 12.7. The van der Waals surface area contributed by atoms with Crippen LogP contribution in [0.4, 0.5) is 0 Å². The third kappa shape index (κ3) is 2.43. The van der Waals surface area contributed by atoms with Gasteiger partial charge in [0.15, 0.2) is 0 Å². The van der Waals surface area contributed by atoms with E-state index in [1.54, 1.807) is 6.20 Å². The molecule has 0 saturated heterocycles. The van der Waals surface area contributed by atoms with E-state index in [4.69, 9.17) is 17.3 Å². The summed E-state index contributed by atoms with van der Waals surface area (Å²) < 4.78 is 1.98. The first-order chi connectivity index (χ1) is 7.66. The molecule has 0 aliphatic heterocycles. The first-order valence-electron chi connectivity index (χ1n) is 5.14. The van der Waals surface area contributed by atoms with E-state index in [2.05, 4.69) is 4.98 Å². The Bertz CT molecular complexity index is 479. The number of hydrogen-bond acceptors (Lipinski definition) is 2. The molecule has 0 aliphatic carbocycles. The van der Waals surface area contributed by atoms with Gasteiger partial charge in [0.05, 0.1) is 0 Å². The second-order valence-electron chi connectivity index (χ2n) is 3.82. The van der Waals surface area contributed by atoms with Crippen molar-refractivity contribution in [3.63, 3.8) is 0 Å². The Kier molecular flexibility index (Phi) is 3.27. The second kappa shape index (κ2) is 4.68. The maximum atomic E-state index is 6.11. The molecule has 1 unspecified atom stereocenters. The molecule has 2 N–H and O–H groups in total. The van der Waals surface area contributed by atoms with E-state index in [9.17, 15) is 0 Å². The molecular weight excluding hydrogens is 222 g/mol. The van der Waals surface area contributed by atoms with Crippen LogP contribution in [-0.2, 0) is 13.5 Å². The average molecular weight is 236 g/mol. The predicted molar refractivity (Wildman–Crippen MR) is 65.3 cm³/mol. The largest absolute Gasteiger partial charge is 0.338 e. The van der Waals surface area contributed by atoms with Crippen molar-refractivity contribution in [2.24, 2.45) is 12.8 Å². The van der Waals surface area contributed by atoms with E-state index in [0.717, 1.165) is 11.4 Å². The lowest BCUT2D eigenvalue weighted by molar-refractivity contribution is 0.659. The Morgan fingerprint density at radius 3 is 2.94 bits per heavy atom. The second-order valence-corrected chi connectivity index (χ2v) is 4.26. The lowest BCUT2D eigenvalue weighted by Crippen LogP contribution is -2.15. The average Bonchev–Trinajstić information content (AvgIpc) is 2.64. The fraction of sp³-hybridized carbons (Fsp3) is 0.250. The van der Waals surface area contributed by atoms with E-state index in [0.29, 0.717) is 11.4 Å². The quantitative estimate of drug-likeness (QED) is 0.887. The number of aryl methyl sites for hydroxylation is 1. The third-order valence-electron chi connectivity index (χ3n) is 2.60. The van der Waals surface area contributed by atoms with Gasteiger partial charge in [-0.2, -0.15) is 0 Å². The topological polar surface area (TPSA) is 43.8 Å². The summed E-state index contributed by atoms with van der Waals surface area (Å²) in [5.74, 6) is 0.979. The van der Waals surface area contributed by atoms with Crippen LogP contribution in [-0.4, -0.2) is 9.55 Å². The van der Waals surface area contributed by atoms with Gasteiger partial charge in [-0.05, 0) is 17.7 Å². The molecule has 1 aromatic carbocycles. The molecule has 0 saturated carbocycles. The van der Waals surface area contributed by atoms with Gasteiger partial charge in [0.25, 0.3) is 0 Å². The molecule has 84 valence electrons. The van der Waals surface area contributed by atoms with Gasteiger partial charge in [0.2, 0.25) is 0 Å². The van der Waals surface area contributed by atoms with Crippen molar-refractivity contribution in [2.75, 3.05) is 0 Å². The van der Waals surface area contributed by atoms with E-state index in [1.165, 1.54) is 0 Å². The van der Waals surface area contributed by atoms with Gasteiger partial charge in [0, 0.05) is 36.9 Å². The summed E-state index contributed by atoms with van der Waals surface area (Å²) in [5, 5.41) is 0.716. The molecule has 0 aliphatic rings. The zero-order chi connectivity index (χ0) is 11.5. The molecule has 16 heavy (non-hydrogen) atoms. The Labute approximate surface area is 99.9 Å². The highest BCUT2D eigenvalue weighted by Gasteiger charge is 2.10. The molecule has 1 aromatic heterocycles. The van der Waals surface area contributed by atoms with E-state index >= 15 is 0 Å². The van der Waals surface area contributed by atoms with Crippen molar-refractivity contribution in [1.82, 2.24) is 9.55 Å². The van der Waals surface area contributed by atoms with Gasteiger partial charge >= 0.3 is 0 Å². The zero-order valence-electron chi connectivity index (χ0n) is 9.10. The fourth-order valence-electron chi connectivity index (χ4n) is 1.64. The molecule has 0 spiro atoms. The first-order valence-corrected chi connectivity index (χ1v) is 5.52. The lowest BCUT2D eigenvalue weighted by atomic mass is 10.0. The van der Waals surface area contributed by atoms with Gasteiger partial charge in [-0.3, -0.25) is 0 Å². The molecule has 0 fully saturated rings. The molecule has 2 aromatic rings. The summed E-state index contributed by atoms with van der Waals surface area (Å²) >= 11 is 5.93. The first kappa shape index (κ1) is 11.2. The van der Waals surface area contributed by atoms with Crippen molar-refractivity contribution >= 4 is 11.6 Å². The van der Waals surface area contributed by atoms with Crippen LogP contribution in [0.25, 0.3) is 0 Å². The number of benzene rings is 1. The van der Waals surface area contributed by atoms with E-state index < -0.39 is 0 Å². The van der Waals surface area contributed by atoms with Crippen molar-refractivity contribution in [3.8, 4) is 0 Å². The number of rotatable bonds is 3. The van der Waals surface area contributed by atoms with Crippen molar-refractivity contribution < 1.29 is 0 Å². The van der Waals surface area contributed by atoms with Gasteiger partial charge in [-0.1, -0.05) is 23.7 Å². The summed E-state index contributed by atoms with van der Waals surface area (Å²) in [6, 6.07) is 7.57. The summed E-state index contributed by atoms with van der Waals surface area (Å²) in [5.41, 5.74) is 7.15. The van der Waals surface area contributed by atoms with Gasteiger partial charge in [-0.25, -0.2) is 4.98 Å². The van der Waals surface area contributed by atoms with Crippen LogP contribution in [0.15, 0.2) is 36.7 Å². The highest BCUT2D eigenvalue weighted by Crippen LogP contribution is 2.18. The lowest BCUT2D eigenvalue weighted by Gasteiger charge is -2.12. The van der Waals surface area contributed by atoms with Gasteiger partial charge < -0.3 is 10.3 Å². The van der Waals surface area contributed by atoms with Crippen molar-refractivity contribution in [1.29, 1.82) is 0 Å². The minimum Gasteiger partial charge on any atom is -0.338 e. The van der Waals surface area contributed by atoms with Crippen LogP contribution in [0.1, 0.15) is 17.4 Å². The molecule has 4 heteroatoms. The van der Waals surface area contributed by atoms with E-state index in [-0.39, 0.29) is 6.04 Å². The number of imidazole rings is 1. The summed E-state index contributed by atoms with van der Waals surface area (Å²) in [4.78, 5) is 4.25. The molecule has 1 atom stereocenters. The molecule has 0 bridgehead atoms. The monoisotopic (exact) mass is 235 g/mol. The maximum absolute atomic E-state index is 6.11. The van der Waals surface area contributed by atoms with Crippen LogP contribution >= 0.6 is 11.6 Å². The predicted octanol–water partition coefficient (Wildman–Crippen LogP) is 2.32. The minimum atomic E-state index is -0.0696. The number of halogens is 1. The van der Waals surface area contributed by atoms with Crippen LogP contribution in [0.3, 0.4) is 0 Å². The Morgan fingerprint density at radius 2 is 2.31 bits per heavy atom.